The molecule has 3 heteroatoms. The van der Waals surface area contributed by atoms with E-state index >= 15 is 0 Å². The summed E-state index contributed by atoms with van der Waals surface area (Å²) in [6.45, 7) is 20.3. The molecule has 0 aromatic rings. The molecule has 3 nitrogen and oxygen atoms in total. The summed E-state index contributed by atoms with van der Waals surface area (Å²) in [5, 5.41) is 0. The third kappa shape index (κ3) is 7.12. The Morgan fingerprint density at radius 2 is 1.24 bits per heavy atom. The van der Waals surface area contributed by atoms with Crippen molar-refractivity contribution in [1.29, 1.82) is 0 Å². The molecule has 0 unspecified atom stereocenters. The molecular weight excluding hydrogens is 258 g/mol. The Morgan fingerprint density at radius 3 is 1.76 bits per heavy atom. The number of hydrogen-bond acceptors (Lipinski definition) is 3. The Morgan fingerprint density at radius 1 is 0.714 bits per heavy atom. The lowest BCUT2D eigenvalue weighted by molar-refractivity contribution is 0.119. The van der Waals surface area contributed by atoms with E-state index < -0.39 is 0 Å². The van der Waals surface area contributed by atoms with Crippen LogP contribution in [0, 0.1) is 5.92 Å². The van der Waals surface area contributed by atoms with Gasteiger partial charge in [-0.3, -0.25) is 0 Å². The average molecular weight is 298 g/mol. The quantitative estimate of drug-likeness (QED) is 0.745. The molecule has 2 heterocycles. The first kappa shape index (κ1) is 18.9. The second-order valence-corrected chi connectivity index (χ2v) is 6.35. The lowest BCUT2D eigenvalue weighted by atomic mass is 9.93. The Bertz CT molecular complexity index is 229. The number of likely N-dealkylation sites (tertiary alicyclic amines) is 1. The maximum absolute atomic E-state index is 2.69. The van der Waals surface area contributed by atoms with E-state index in [0.717, 1.165) is 5.92 Å². The van der Waals surface area contributed by atoms with Gasteiger partial charge in [-0.05, 0) is 64.3 Å². The minimum atomic E-state index is 0.998. The molecule has 0 radical (unpaired) electrons. The van der Waals surface area contributed by atoms with E-state index in [1.165, 1.54) is 84.6 Å². The molecular formula is C18H39N3. The predicted molar refractivity (Wildman–Crippen MR) is 94.0 cm³/mol. The highest BCUT2D eigenvalue weighted by Crippen LogP contribution is 2.21. The summed E-state index contributed by atoms with van der Waals surface area (Å²) in [7, 11) is 0. The topological polar surface area (TPSA) is 9.72 Å². The number of piperidine rings is 1. The number of nitrogens with zero attached hydrogens (tertiary/aromatic N) is 3. The Balaban J connectivity index is 0.00000106. The van der Waals surface area contributed by atoms with Crippen LogP contribution in [0.4, 0.5) is 0 Å². The zero-order valence-corrected chi connectivity index (χ0v) is 15.1. The summed E-state index contributed by atoms with van der Waals surface area (Å²) in [6, 6.07) is 0. The Hall–Kier alpha value is -0.120. The molecule has 2 aliphatic rings. The molecule has 126 valence electrons. The molecule has 0 atom stereocenters. The van der Waals surface area contributed by atoms with Crippen molar-refractivity contribution in [1.82, 2.24) is 14.7 Å². The molecule has 0 N–H and O–H groups in total. The van der Waals surface area contributed by atoms with E-state index in [4.69, 9.17) is 0 Å². The highest BCUT2D eigenvalue weighted by Gasteiger charge is 2.20. The fourth-order valence-electron chi connectivity index (χ4n) is 3.51. The van der Waals surface area contributed by atoms with Crippen LogP contribution in [0.2, 0.25) is 0 Å². The highest BCUT2D eigenvalue weighted by atomic mass is 15.3. The van der Waals surface area contributed by atoms with Gasteiger partial charge in [-0.1, -0.05) is 27.7 Å². The number of rotatable bonds is 6. The molecule has 0 amide bonds. The van der Waals surface area contributed by atoms with Crippen molar-refractivity contribution in [3.8, 4) is 0 Å². The third-order valence-electron chi connectivity index (χ3n) is 5.01. The lowest BCUT2D eigenvalue weighted by Gasteiger charge is -2.36. The Kier molecular flexibility index (Phi) is 10.3. The first-order valence-electron chi connectivity index (χ1n) is 9.49. The number of piperazine rings is 1. The van der Waals surface area contributed by atoms with Crippen molar-refractivity contribution in [2.45, 2.75) is 53.4 Å². The van der Waals surface area contributed by atoms with Gasteiger partial charge < -0.3 is 14.7 Å². The van der Waals surface area contributed by atoms with Crippen LogP contribution in [0.5, 0.6) is 0 Å². The zero-order chi connectivity index (χ0) is 15.5. The van der Waals surface area contributed by atoms with Gasteiger partial charge in [0.05, 0.1) is 0 Å². The molecule has 0 aromatic carbocycles. The van der Waals surface area contributed by atoms with E-state index in [1.807, 2.05) is 13.8 Å². The molecule has 2 saturated heterocycles. The van der Waals surface area contributed by atoms with Crippen molar-refractivity contribution in [3.63, 3.8) is 0 Å². The van der Waals surface area contributed by atoms with Crippen molar-refractivity contribution < 1.29 is 0 Å². The average Bonchev–Trinajstić information content (AvgIpc) is 2.57. The molecule has 2 rings (SSSR count). The van der Waals surface area contributed by atoms with Crippen LogP contribution < -0.4 is 0 Å². The lowest BCUT2D eigenvalue weighted by Crippen LogP contribution is -2.46. The van der Waals surface area contributed by atoms with Crippen LogP contribution >= 0.6 is 0 Å². The summed E-state index contributed by atoms with van der Waals surface area (Å²) in [5.74, 6) is 0.998. The molecule has 0 saturated carbocycles. The van der Waals surface area contributed by atoms with E-state index in [9.17, 15) is 0 Å². The minimum absolute atomic E-state index is 0.998. The monoisotopic (exact) mass is 297 g/mol. The first-order chi connectivity index (χ1) is 10.3. The largest absolute Gasteiger partial charge is 0.303 e. The van der Waals surface area contributed by atoms with Gasteiger partial charge in [0.25, 0.3) is 0 Å². The van der Waals surface area contributed by atoms with Gasteiger partial charge in [0.15, 0.2) is 0 Å². The number of hydrogen-bond donors (Lipinski definition) is 0. The molecule has 2 aliphatic heterocycles. The zero-order valence-electron chi connectivity index (χ0n) is 15.1. The molecule has 21 heavy (non-hydrogen) atoms. The Labute approximate surface area is 133 Å². The number of likely N-dealkylation sites (N-methyl/N-ethyl adjacent to an activating group) is 1. The highest BCUT2D eigenvalue weighted by molar-refractivity contribution is 4.75. The smallest absolute Gasteiger partial charge is 0.0110 e. The maximum Gasteiger partial charge on any atom is 0.0110 e. The van der Waals surface area contributed by atoms with Gasteiger partial charge in [0, 0.05) is 26.2 Å². The van der Waals surface area contributed by atoms with Gasteiger partial charge in [-0.25, -0.2) is 0 Å². The van der Waals surface area contributed by atoms with Crippen molar-refractivity contribution >= 4 is 0 Å². The molecule has 0 aromatic heterocycles. The second kappa shape index (κ2) is 11.4. The third-order valence-corrected chi connectivity index (χ3v) is 5.01. The van der Waals surface area contributed by atoms with E-state index in [0.29, 0.717) is 0 Å². The molecule has 0 spiro atoms. The first-order valence-corrected chi connectivity index (χ1v) is 9.49. The van der Waals surface area contributed by atoms with Crippen LogP contribution in [-0.2, 0) is 0 Å². The van der Waals surface area contributed by atoms with Gasteiger partial charge in [-0.2, -0.15) is 0 Å². The summed E-state index contributed by atoms with van der Waals surface area (Å²) in [6.07, 6.45) is 5.63. The summed E-state index contributed by atoms with van der Waals surface area (Å²) in [4.78, 5) is 7.90. The normalized spacial score (nSPS) is 22.9. The van der Waals surface area contributed by atoms with Gasteiger partial charge in [0.1, 0.15) is 0 Å². The molecule has 0 bridgehead atoms. The van der Waals surface area contributed by atoms with Crippen LogP contribution in [0.1, 0.15) is 53.4 Å². The minimum Gasteiger partial charge on any atom is -0.303 e. The van der Waals surface area contributed by atoms with Gasteiger partial charge in [-0.15, -0.1) is 0 Å². The van der Waals surface area contributed by atoms with E-state index in [1.54, 1.807) is 0 Å². The standard InChI is InChI=1S/C16H33N3.C2H6/c1-3-8-18-9-5-16(6-10-18)7-11-19-14-12-17(4-2)13-15-19;1-2/h16H,3-15H2,1-2H3;1-2H3. The fraction of sp³-hybridized carbons (Fsp3) is 1.00. The van der Waals surface area contributed by atoms with Crippen molar-refractivity contribution in [2.24, 2.45) is 5.92 Å². The van der Waals surface area contributed by atoms with Crippen LogP contribution in [0.3, 0.4) is 0 Å². The summed E-state index contributed by atoms with van der Waals surface area (Å²) in [5.41, 5.74) is 0. The van der Waals surface area contributed by atoms with Crippen LogP contribution in [0.25, 0.3) is 0 Å². The maximum atomic E-state index is 2.69. The van der Waals surface area contributed by atoms with Gasteiger partial charge in [0.2, 0.25) is 0 Å². The van der Waals surface area contributed by atoms with Gasteiger partial charge >= 0.3 is 0 Å². The van der Waals surface area contributed by atoms with Crippen molar-refractivity contribution in [3.05, 3.63) is 0 Å². The SMILES string of the molecule is CC.CCCN1CCC(CCN2CCN(CC)CC2)CC1. The predicted octanol–water partition coefficient (Wildman–Crippen LogP) is 3.16. The van der Waals surface area contributed by atoms with Crippen LogP contribution in [-0.4, -0.2) is 73.6 Å². The van der Waals surface area contributed by atoms with E-state index in [-0.39, 0.29) is 0 Å². The summed E-state index contributed by atoms with van der Waals surface area (Å²) >= 11 is 0. The fourth-order valence-corrected chi connectivity index (χ4v) is 3.51. The molecule has 0 aliphatic carbocycles. The van der Waals surface area contributed by atoms with Crippen LogP contribution in [0.15, 0.2) is 0 Å². The second-order valence-electron chi connectivity index (χ2n) is 6.35. The molecule has 2 fully saturated rings. The van der Waals surface area contributed by atoms with E-state index in [2.05, 4.69) is 28.5 Å². The van der Waals surface area contributed by atoms with Crippen molar-refractivity contribution in [2.75, 3.05) is 58.9 Å². The summed E-state index contributed by atoms with van der Waals surface area (Å²) < 4.78 is 0.